The van der Waals surface area contributed by atoms with E-state index in [4.69, 9.17) is 9.40 Å². The molecule has 132 valence electrons. The molecule has 4 aromatic rings. The number of aromatic nitrogens is 2. The molecule has 0 aliphatic heterocycles. The maximum atomic E-state index is 12.5. The van der Waals surface area contributed by atoms with Crippen LogP contribution in [0.3, 0.4) is 0 Å². The number of fused-ring (bicyclic) bond motifs is 1. The molecule has 4 rings (SSSR count). The summed E-state index contributed by atoms with van der Waals surface area (Å²) in [4.78, 5) is 20.7. The Hall–Kier alpha value is -3.06. The van der Waals surface area contributed by atoms with Crippen molar-refractivity contribution in [3.05, 3.63) is 65.4 Å². The van der Waals surface area contributed by atoms with E-state index >= 15 is 0 Å². The van der Waals surface area contributed by atoms with Gasteiger partial charge in [0.25, 0.3) is 5.91 Å². The van der Waals surface area contributed by atoms with Crippen LogP contribution in [0.1, 0.15) is 15.4 Å². The van der Waals surface area contributed by atoms with Crippen LogP contribution in [0.4, 0.5) is 5.95 Å². The summed E-state index contributed by atoms with van der Waals surface area (Å²) in [6, 6.07) is 15.5. The van der Waals surface area contributed by atoms with E-state index in [2.05, 4.69) is 9.88 Å². The molecule has 0 bridgehead atoms. The largest absolute Gasteiger partial charge is 0.467 e. The molecule has 0 atom stereocenters. The maximum absolute atomic E-state index is 12.5. The average molecular weight is 366 g/mol. The minimum Gasteiger partial charge on any atom is -0.467 e. The molecule has 0 unspecified atom stereocenters. The molecule has 1 amide bonds. The zero-order valence-corrected chi connectivity index (χ0v) is 15.3. The lowest BCUT2D eigenvalue weighted by molar-refractivity contribution is 0.0952. The Morgan fingerprint density at radius 3 is 2.73 bits per heavy atom. The lowest BCUT2D eigenvalue weighted by Gasteiger charge is -2.14. The highest BCUT2D eigenvalue weighted by Gasteiger charge is 2.19. The van der Waals surface area contributed by atoms with Gasteiger partial charge < -0.3 is 14.6 Å². The van der Waals surface area contributed by atoms with Crippen molar-refractivity contribution in [2.24, 2.45) is 0 Å². The molecule has 0 saturated heterocycles. The second-order valence-corrected chi connectivity index (χ2v) is 7.07. The van der Waals surface area contributed by atoms with Crippen molar-refractivity contribution in [2.45, 2.75) is 6.54 Å². The first kappa shape index (κ1) is 16.4. The molecule has 3 heterocycles. The molecule has 1 aromatic carbocycles. The van der Waals surface area contributed by atoms with E-state index in [1.54, 1.807) is 12.3 Å². The number of thiophene rings is 1. The predicted molar refractivity (Wildman–Crippen MR) is 103 cm³/mol. The number of nitrogens with one attached hydrogen (secondary N) is 1. The van der Waals surface area contributed by atoms with Gasteiger partial charge in [0.1, 0.15) is 16.1 Å². The third-order valence-electron chi connectivity index (χ3n) is 3.96. The monoisotopic (exact) mass is 366 g/mol. The Morgan fingerprint density at radius 2 is 2.04 bits per heavy atom. The van der Waals surface area contributed by atoms with Gasteiger partial charge in [-0.05, 0) is 30.3 Å². The lowest BCUT2D eigenvalue weighted by atomic mass is 10.3. The summed E-state index contributed by atoms with van der Waals surface area (Å²) in [5, 5.41) is 2.88. The summed E-state index contributed by atoms with van der Waals surface area (Å²) in [5.41, 5.74) is 1.83. The highest BCUT2D eigenvalue weighted by atomic mass is 32.1. The van der Waals surface area contributed by atoms with E-state index < -0.39 is 0 Å². The van der Waals surface area contributed by atoms with Crippen LogP contribution in [-0.4, -0.2) is 29.6 Å². The first-order chi connectivity index (χ1) is 12.6. The van der Waals surface area contributed by atoms with Crippen LogP contribution < -0.4 is 10.2 Å². The van der Waals surface area contributed by atoms with E-state index in [1.165, 1.54) is 11.3 Å². The maximum Gasteiger partial charge on any atom is 0.261 e. The minimum absolute atomic E-state index is 0.129. The summed E-state index contributed by atoms with van der Waals surface area (Å²) in [6.45, 7) is 0.364. The highest BCUT2D eigenvalue weighted by molar-refractivity contribution is 7.20. The normalized spacial score (nSPS) is 11.0. The number of carbonyl (C=O) groups excluding carboxylic acids is 1. The van der Waals surface area contributed by atoms with Crippen molar-refractivity contribution >= 4 is 33.5 Å². The van der Waals surface area contributed by atoms with Gasteiger partial charge in [-0.3, -0.25) is 9.36 Å². The van der Waals surface area contributed by atoms with Crippen LogP contribution in [0.5, 0.6) is 0 Å². The van der Waals surface area contributed by atoms with Crippen molar-refractivity contribution < 1.29 is 9.21 Å². The molecule has 0 aliphatic rings. The molecule has 6 nitrogen and oxygen atoms in total. The molecular weight excluding hydrogens is 348 g/mol. The molecule has 7 heteroatoms. The number of para-hydroxylation sites is 1. The Kier molecular flexibility index (Phi) is 4.22. The molecule has 3 aromatic heterocycles. The van der Waals surface area contributed by atoms with Gasteiger partial charge in [0.05, 0.1) is 17.7 Å². The van der Waals surface area contributed by atoms with Crippen molar-refractivity contribution in [2.75, 3.05) is 19.0 Å². The average Bonchev–Trinajstić information content (AvgIpc) is 3.35. The smallest absolute Gasteiger partial charge is 0.261 e. The third-order valence-corrected chi connectivity index (χ3v) is 5.07. The quantitative estimate of drug-likeness (QED) is 0.585. The Bertz CT molecular complexity index is 1030. The number of benzene rings is 1. The molecule has 0 spiro atoms. The van der Waals surface area contributed by atoms with E-state index in [9.17, 15) is 4.79 Å². The second kappa shape index (κ2) is 6.68. The SMILES string of the molecule is CN(C)c1nc2cc(C(=O)NCc3ccco3)sc2n1-c1ccccc1. The van der Waals surface area contributed by atoms with Gasteiger partial charge >= 0.3 is 0 Å². The molecule has 26 heavy (non-hydrogen) atoms. The molecule has 0 radical (unpaired) electrons. The van der Waals surface area contributed by atoms with Crippen LogP contribution in [0.25, 0.3) is 16.0 Å². The number of hydrogen-bond donors (Lipinski definition) is 1. The van der Waals surface area contributed by atoms with Gasteiger partial charge in [-0.1, -0.05) is 18.2 Å². The first-order valence-electron chi connectivity index (χ1n) is 8.19. The van der Waals surface area contributed by atoms with Gasteiger partial charge in [-0.15, -0.1) is 11.3 Å². The molecule has 1 N–H and O–H groups in total. The number of nitrogens with zero attached hydrogens (tertiary/aromatic N) is 3. The number of furan rings is 1. The first-order valence-corrected chi connectivity index (χ1v) is 9.01. The Labute approximate surface area is 154 Å². The zero-order valence-electron chi connectivity index (χ0n) is 14.5. The van der Waals surface area contributed by atoms with Crippen molar-refractivity contribution in [1.82, 2.24) is 14.9 Å². The van der Waals surface area contributed by atoms with Gasteiger partial charge in [0, 0.05) is 19.8 Å². The predicted octanol–water partition coefficient (Wildman–Crippen LogP) is 3.68. The summed E-state index contributed by atoms with van der Waals surface area (Å²) in [6.07, 6.45) is 1.59. The van der Waals surface area contributed by atoms with Gasteiger partial charge in [-0.25, -0.2) is 4.98 Å². The Morgan fingerprint density at radius 1 is 1.23 bits per heavy atom. The van der Waals surface area contributed by atoms with E-state index in [0.717, 1.165) is 27.7 Å². The van der Waals surface area contributed by atoms with Crippen LogP contribution in [0.15, 0.2) is 59.2 Å². The molecule has 0 saturated carbocycles. The van der Waals surface area contributed by atoms with Gasteiger partial charge in [0.15, 0.2) is 0 Å². The van der Waals surface area contributed by atoms with Crippen LogP contribution in [-0.2, 0) is 6.54 Å². The second-order valence-electron chi connectivity index (χ2n) is 6.04. The minimum atomic E-state index is -0.129. The number of hydrogen-bond acceptors (Lipinski definition) is 5. The van der Waals surface area contributed by atoms with Crippen molar-refractivity contribution in [1.29, 1.82) is 0 Å². The number of imidazole rings is 1. The fraction of sp³-hybridized carbons (Fsp3) is 0.158. The van der Waals surface area contributed by atoms with Crippen LogP contribution in [0, 0.1) is 0 Å². The summed E-state index contributed by atoms with van der Waals surface area (Å²) >= 11 is 1.43. The van der Waals surface area contributed by atoms with Crippen molar-refractivity contribution in [3.8, 4) is 5.69 Å². The van der Waals surface area contributed by atoms with Crippen LogP contribution >= 0.6 is 11.3 Å². The van der Waals surface area contributed by atoms with E-state index in [0.29, 0.717) is 11.4 Å². The molecular formula is C19H18N4O2S. The third kappa shape index (κ3) is 2.97. The number of amides is 1. The topological polar surface area (TPSA) is 63.3 Å². The standard InChI is InChI=1S/C19H18N4O2S/c1-22(2)19-21-15-11-16(17(24)20-12-14-9-6-10-25-14)26-18(15)23(19)13-7-4-3-5-8-13/h3-11H,12H2,1-2H3,(H,20,24). The molecule has 0 aliphatic carbocycles. The fourth-order valence-corrected chi connectivity index (χ4v) is 3.78. The van der Waals surface area contributed by atoms with Crippen LogP contribution in [0.2, 0.25) is 0 Å². The molecule has 0 fully saturated rings. The summed E-state index contributed by atoms with van der Waals surface area (Å²) in [5.74, 6) is 1.43. The zero-order chi connectivity index (χ0) is 18.1. The lowest BCUT2D eigenvalue weighted by Crippen LogP contribution is -2.21. The Balaban J connectivity index is 1.69. The van der Waals surface area contributed by atoms with Gasteiger partial charge in [-0.2, -0.15) is 0 Å². The number of carbonyl (C=O) groups is 1. The summed E-state index contributed by atoms with van der Waals surface area (Å²) < 4.78 is 7.32. The number of anilines is 1. The summed E-state index contributed by atoms with van der Waals surface area (Å²) in [7, 11) is 3.92. The highest BCUT2D eigenvalue weighted by Crippen LogP contribution is 2.32. The van der Waals surface area contributed by atoms with Crippen molar-refractivity contribution in [3.63, 3.8) is 0 Å². The van der Waals surface area contributed by atoms with E-state index in [-0.39, 0.29) is 5.91 Å². The number of rotatable bonds is 5. The van der Waals surface area contributed by atoms with Gasteiger partial charge in [0.2, 0.25) is 5.95 Å². The fourth-order valence-electron chi connectivity index (χ4n) is 2.75. The van der Waals surface area contributed by atoms with E-state index in [1.807, 2.05) is 61.5 Å².